The van der Waals surface area contributed by atoms with Crippen molar-refractivity contribution in [3.8, 4) is 0 Å². The molecule has 5 heteroatoms. The zero-order valence-electron chi connectivity index (χ0n) is 12.5. The van der Waals surface area contributed by atoms with Gasteiger partial charge < -0.3 is 14.6 Å². The summed E-state index contributed by atoms with van der Waals surface area (Å²) in [4.78, 5) is 9.19. The van der Waals surface area contributed by atoms with Crippen molar-refractivity contribution in [2.24, 2.45) is 0 Å². The number of hydrogen-bond acceptors (Lipinski definition) is 5. The summed E-state index contributed by atoms with van der Waals surface area (Å²) >= 11 is 0. The summed E-state index contributed by atoms with van der Waals surface area (Å²) in [6.07, 6.45) is 1.86. The first-order valence-electron chi connectivity index (χ1n) is 7.45. The summed E-state index contributed by atoms with van der Waals surface area (Å²) in [5.41, 5.74) is 0. The average molecular weight is 286 g/mol. The molecule has 0 amide bonds. The number of pyridine rings is 1. The summed E-state index contributed by atoms with van der Waals surface area (Å²) in [6, 6.07) is 10.2. The fourth-order valence-electron chi connectivity index (χ4n) is 2.67. The van der Waals surface area contributed by atoms with Crippen LogP contribution < -0.4 is 10.2 Å². The Morgan fingerprint density at radius 1 is 1.10 bits per heavy atom. The minimum atomic E-state index is 0.785. The number of nitrogens with one attached hydrogen (secondary N) is 1. The van der Waals surface area contributed by atoms with Crippen LogP contribution >= 0.6 is 0 Å². The van der Waals surface area contributed by atoms with Gasteiger partial charge in [0.25, 0.3) is 0 Å². The zero-order chi connectivity index (χ0) is 14.5. The van der Waals surface area contributed by atoms with E-state index in [0.29, 0.717) is 0 Å². The van der Waals surface area contributed by atoms with Gasteiger partial charge in [-0.2, -0.15) is 0 Å². The van der Waals surface area contributed by atoms with Crippen molar-refractivity contribution in [2.45, 2.75) is 13.1 Å². The van der Waals surface area contributed by atoms with Gasteiger partial charge in [-0.1, -0.05) is 6.07 Å². The van der Waals surface area contributed by atoms with Crippen molar-refractivity contribution < 1.29 is 4.42 Å². The van der Waals surface area contributed by atoms with Gasteiger partial charge in [0.15, 0.2) is 0 Å². The molecule has 1 aliphatic rings. The van der Waals surface area contributed by atoms with E-state index in [1.54, 1.807) is 0 Å². The molecule has 3 heterocycles. The molecule has 1 fully saturated rings. The van der Waals surface area contributed by atoms with Crippen molar-refractivity contribution in [2.75, 3.05) is 38.1 Å². The van der Waals surface area contributed by atoms with E-state index in [1.165, 1.54) is 0 Å². The zero-order valence-corrected chi connectivity index (χ0v) is 12.5. The summed E-state index contributed by atoms with van der Waals surface area (Å²) < 4.78 is 5.81. The highest BCUT2D eigenvalue weighted by atomic mass is 16.3. The Bertz CT molecular complexity index is 546. The first kappa shape index (κ1) is 14.1. The lowest BCUT2D eigenvalue weighted by Gasteiger charge is -2.34. The number of piperazine rings is 1. The SMILES string of the molecule is CNCc1ccc(CN2CCN(c3ccccn3)CC2)o1. The van der Waals surface area contributed by atoms with Crippen molar-refractivity contribution in [3.05, 3.63) is 48.0 Å². The molecular formula is C16H22N4O. The third kappa shape index (κ3) is 3.62. The largest absolute Gasteiger partial charge is 0.463 e. The normalized spacial score (nSPS) is 16.3. The fraction of sp³-hybridized carbons (Fsp3) is 0.438. The van der Waals surface area contributed by atoms with Crippen LogP contribution in [-0.4, -0.2) is 43.1 Å². The summed E-state index contributed by atoms with van der Waals surface area (Å²) in [7, 11) is 1.93. The molecule has 0 aromatic carbocycles. The topological polar surface area (TPSA) is 44.5 Å². The van der Waals surface area contributed by atoms with E-state index in [-0.39, 0.29) is 0 Å². The lowest BCUT2D eigenvalue weighted by molar-refractivity contribution is 0.228. The first-order chi connectivity index (χ1) is 10.3. The number of hydrogen-bond donors (Lipinski definition) is 1. The molecule has 0 unspecified atom stereocenters. The van der Waals surface area contributed by atoms with E-state index >= 15 is 0 Å². The second kappa shape index (κ2) is 6.74. The van der Waals surface area contributed by atoms with Crippen LogP contribution in [0.1, 0.15) is 11.5 Å². The molecule has 112 valence electrons. The van der Waals surface area contributed by atoms with E-state index in [0.717, 1.165) is 56.6 Å². The van der Waals surface area contributed by atoms with Gasteiger partial charge in [-0.25, -0.2) is 4.98 Å². The van der Waals surface area contributed by atoms with Gasteiger partial charge in [0.2, 0.25) is 0 Å². The highest BCUT2D eigenvalue weighted by Crippen LogP contribution is 2.15. The molecule has 1 N–H and O–H groups in total. The van der Waals surface area contributed by atoms with Crippen LogP contribution in [-0.2, 0) is 13.1 Å². The molecule has 3 rings (SSSR count). The second-order valence-electron chi connectivity index (χ2n) is 5.35. The van der Waals surface area contributed by atoms with Crippen LogP contribution in [0.3, 0.4) is 0 Å². The molecule has 1 aliphatic heterocycles. The molecular weight excluding hydrogens is 264 g/mol. The molecule has 0 saturated carbocycles. The van der Waals surface area contributed by atoms with Crippen LogP contribution in [0, 0.1) is 0 Å². The van der Waals surface area contributed by atoms with E-state index in [2.05, 4.69) is 38.3 Å². The van der Waals surface area contributed by atoms with E-state index in [1.807, 2.05) is 25.4 Å². The maximum Gasteiger partial charge on any atom is 0.128 e. The van der Waals surface area contributed by atoms with Crippen LogP contribution in [0.15, 0.2) is 40.9 Å². The summed E-state index contributed by atoms with van der Waals surface area (Å²) in [6.45, 7) is 5.78. The lowest BCUT2D eigenvalue weighted by Crippen LogP contribution is -2.46. The van der Waals surface area contributed by atoms with Crippen molar-refractivity contribution in [3.63, 3.8) is 0 Å². The molecule has 2 aromatic heterocycles. The van der Waals surface area contributed by atoms with Crippen molar-refractivity contribution in [1.29, 1.82) is 0 Å². The van der Waals surface area contributed by atoms with Gasteiger partial charge in [-0.15, -0.1) is 0 Å². The quantitative estimate of drug-likeness (QED) is 0.906. The minimum Gasteiger partial charge on any atom is -0.463 e. The molecule has 21 heavy (non-hydrogen) atoms. The summed E-state index contributed by atoms with van der Waals surface area (Å²) in [5, 5.41) is 3.10. The first-order valence-corrected chi connectivity index (χ1v) is 7.45. The number of aromatic nitrogens is 1. The highest BCUT2D eigenvalue weighted by Gasteiger charge is 2.18. The molecule has 0 bridgehead atoms. The highest BCUT2D eigenvalue weighted by molar-refractivity contribution is 5.38. The maximum atomic E-state index is 5.81. The molecule has 0 atom stereocenters. The van der Waals surface area contributed by atoms with E-state index in [4.69, 9.17) is 4.42 Å². The van der Waals surface area contributed by atoms with Gasteiger partial charge in [-0.3, -0.25) is 4.90 Å². The van der Waals surface area contributed by atoms with E-state index < -0.39 is 0 Å². The molecule has 0 spiro atoms. The number of furan rings is 1. The van der Waals surface area contributed by atoms with Crippen molar-refractivity contribution in [1.82, 2.24) is 15.2 Å². The number of nitrogens with zero attached hydrogens (tertiary/aromatic N) is 3. The Morgan fingerprint density at radius 3 is 2.62 bits per heavy atom. The van der Waals surface area contributed by atoms with Crippen LogP contribution in [0.2, 0.25) is 0 Å². The van der Waals surface area contributed by atoms with Gasteiger partial charge in [0.05, 0.1) is 13.1 Å². The molecule has 0 radical (unpaired) electrons. The number of anilines is 1. The van der Waals surface area contributed by atoms with Gasteiger partial charge in [0, 0.05) is 32.4 Å². The second-order valence-corrected chi connectivity index (χ2v) is 5.35. The smallest absolute Gasteiger partial charge is 0.128 e. The van der Waals surface area contributed by atoms with Crippen LogP contribution in [0.25, 0.3) is 0 Å². The van der Waals surface area contributed by atoms with Crippen LogP contribution in [0.5, 0.6) is 0 Å². The third-order valence-electron chi connectivity index (χ3n) is 3.79. The predicted molar refractivity (Wildman–Crippen MR) is 83.2 cm³/mol. The standard InChI is InChI=1S/C16H22N4O/c1-17-12-14-5-6-15(21-14)13-19-8-10-20(11-9-19)16-4-2-3-7-18-16/h2-7,17H,8-13H2,1H3. The minimum absolute atomic E-state index is 0.785. The number of rotatable bonds is 5. The summed E-state index contributed by atoms with van der Waals surface area (Å²) in [5.74, 6) is 3.12. The van der Waals surface area contributed by atoms with Crippen molar-refractivity contribution >= 4 is 5.82 Å². The fourth-order valence-corrected chi connectivity index (χ4v) is 2.67. The van der Waals surface area contributed by atoms with E-state index in [9.17, 15) is 0 Å². The predicted octanol–water partition coefficient (Wildman–Crippen LogP) is 1.72. The Hall–Kier alpha value is -1.85. The maximum absolute atomic E-state index is 5.81. The molecule has 1 saturated heterocycles. The Kier molecular flexibility index (Phi) is 4.52. The molecule has 0 aliphatic carbocycles. The Morgan fingerprint density at radius 2 is 1.90 bits per heavy atom. The van der Waals surface area contributed by atoms with Crippen LogP contribution in [0.4, 0.5) is 5.82 Å². The molecule has 5 nitrogen and oxygen atoms in total. The Balaban J connectivity index is 1.51. The average Bonchev–Trinajstić information content (AvgIpc) is 2.97. The monoisotopic (exact) mass is 286 g/mol. The molecule has 2 aromatic rings. The van der Waals surface area contributed by atoms with Gasteiger partial charge in [0.1, 0.15) is 17.3 Å². The Labute approximate surface area is 125 Å². The van der Waals surface area contributed by atoms with Gasteiger partial charge in [-0.05, 0) is 31.3 Å². The third-order valence-corrected chi connectivity index (χ3v) is 3.79. The van der Waals surface area contributed by atoms with Gasteiger partial charge >= 0.3 is 0 Å². The lowest BCUT2D eigenvalue weighted by atomic mass is 10.3.